The first-order chi connectivity index (χ1) is 8.36. The minimum absolute atomic E-state index is 0.127. The maximum Gasteiger partial charge on any atom is 0.341 e. The molecule has 5 heteroatoms. The summed E-state index contributed by atoms with van der Waals surface area (Å²) in [6, 6.07) is 0. The zero-order valence-corrected chi connectivity index (χ0v) is 12.2. The van der Waals surface area contributed by atoms with Crippen molar-refractivity contribution < 1.29 is 14.4 Å². The number of anilines is 1. The van der Waals surface area contributed by atoms with E-state index < -0.39 is 0 Å². The Morgan fingerprint density at radius 2 is 2.22 bits per heavy atom. The first kappa shape index (κ1) is 13.4. The van der Waals surface area contributed by atoms with E-state index >= 15 is 0 Å². The fourth-order valence-corrected chi connectivity index (χ4v) is 3.52. The second-order valence-electron chi connectivity index (χ2n) is 5.48. The van der Waals surface area contributed by atoms with Gasteiger partial charge in [-0.05, 0) is 26.3 Å². The number of fused-ring (bicyclic) bond motifs is 1. The van der Waals surface area contributed by atoms with E-state index in [4.69, 9.17) is 10.5 Å². The summed E-state index contributed by atoms with van der Waals surface area (Å²) in [5, 5.41) is 0.601. The molecule has 0 aliphatic carbocycles. The van der Waals surface area contributed by atoms with Crippen molar-refractivity contribution in [3.8, 4) is 0 Å². The number of hydrogen-bond acceptors (Lipinski definition) is 4. The molecular formula is C13H21N2O2S+. The standard InChI is InChI=1S/C13H20N2O2S/c1-5-17-12(16)10-8-6-13(2,3)15(4)7-9(8)18-11(10)14/h5-7,14H2,1-4H3/p+1. The lowest BCUT2D eigenvalue weighted by molar-refractivity contribution is -0.945. The van der Waals surface area contributed by atoms with Gasteiger partial charge in [0, 0.05) is 6.42 Å². The smallest absolute Gasteiger partial charge is 0.341 e. The van der Waals surface area contributed by atoms with Crippen LogP contribution in [0.5, 0.6) is 0 Å². The van der Waals surface area contributed by atoms with E-state index in [2.05, 4.69) is 20.9 Å². The van der Waals surface area contributed by atoms with Gasteiger partial charge in [0.15, 0.2) is 0 Å². The molecule has 1 aromatic heterocycles. The minimum Gasteiger partial charge on any atom is -0.462 e. The van der Waals surface area contributed by atoms with E-state index in [0.29, 0.717) is 17.2 Å². The average molecular weight is 269 g/mol. The van der Waals surface area contributed by atoms with Crippen LogP contribution in [-0.2, 0) is 17.7 Å². The molecule has 1 aliphatic heterocycles. The molecule has 1 aromatic rings. The topological polar surface area (TPSA) is 56.8 Å². The summed E-state index contributed by atoms with van der Waals surface area (Å²) in [6.07, 6.45) is 0.871. The van der Waals surface area contributed by atoms with Crippen molar-refractivity contribution in [1.82, 2.24) is 0 Å². The van der Waals surface area contributed by atoms with Crippen molar-refractivity contribution >= 4 is 22.3 Å². The summed E-state index contributed by atoms with van der Waals surface area (Å²) in [5.41, 5.74) is 7.83. The number of carbonyl (C=O) groups is 1. The zero-order valence-electron chi connectivity index (χ0n) is 11.4. The predicted octanol–water partition coefficient (Wildman–Crippen LogP) is 0.856. The average Bonchev–Trinajstić information content (AvgIpc) is 2.54. The van der Waals surface area contributed by atoms with E-state index in [9.17, 15) is 4.79 Å². The minimum atomic E-state index is -0.275. The van der Waals surface area contributed by atoms with Gasteiger partial charge in [0.1, 0.15) is 11.5 Å². The Morgan fingerprint density at radius 1 is 1.56 bits per heavy atom. The zero-order chi connectivity index (χ0) is 13.5. The highest BCUT2D eigenvalue weighted by Crippen LogP contribution is 2.35. The Kier molecular flexibility index (Phi) is 3.38. The molecule has 3 N–H and O–H groups in total. The number of rotatable bonds is 2. The summed E-state index contributed by atoms with van der Waals surface area (Å²) in [5.74, 6) is -0.275. The number of hydrogen-bond donors (Lipinski definition) is 2. The molecule has 0 fully saturated rings. The molecule has 100 valence electrons. The van der Waals surface area contributed by atoms with Crippen LogP contribution >= 0.6 is 11.3 Å². The molecule has 0 aromatic carbocycles. The molecule has 0 spiro atoms. The number of thiophene rings is 1. The lowest BCUT2D eigenvalue weighted by Gasteiger charge is -2.36. The van der Waals surface area contributed by atoms with Gasteiger partial charge in [-0.15, -0.1) is 11.3 Å². The fourth-order valence-electron chi connectivity index (χ4n) is 2.36. The molecule has 0 saturated heterocycles. The van der Waals surface area contributed by atoms with Crippen molar-refractivity contribution in [2.24, 2.45) is 0 Å². The van der Waals surface area contributed by atoms with Crippen molar-refractivity contribution in [3.05, 3.63) is 16.0 Å². The largest absolute Gasteiger partial charge is 0.462 e. The summed E-state index contributed by atoms with van der Waals surface area (Å²) in [7, 11) is 2.18. The number of likely N-dealkylation sites (N-methyl/N-ethyl adjacent to an activating group) is 1. The molecule has 18 heavy (non-hydrogen) atoms. The Balaban J connectivity index is 2.43. The number of esters is 1. The van der Waals surface area contributed by atoms with Crippen molar-refractivity contribution in [1.29, 1.82) is 0 Å². The van der Waals surface area contributed by atoms with Crippen LogP contribution in [-0.4, -0.2) is 25.2 Å². The highest BCUT2D eigenvalue weighted by atomic mass is 32.1. The van der Waals surface area contributed by atoms with E-state index in [-0.39, 0.29) is 11.5 Å². The molecule has 0 saturated carbocycles. The van der Waals surface area contributed by atoms with E-state index in [0.717, 1.165) is 18.5 Å². The van der Waals surface area contributed by atoms with Crippen LogP contribution in [0.15, 0.2) is 0 Å². The molecule has 0 amide bonds. The molecular weight excluding hydrogens is 248 g/mol. The van der Waals surface area contributed by atoms with E-state index in [1.54, 1.807) is 0 Å². The number of carbonyl (C=O) groups excluding carboxylic acids is 1. The second-order valence-corrected chi connectivity index (χ2v) is 6.62. The summed E-state index contributed by atoms with van der Waals surface area (Å²) in [4.78, 5) is 14.7. The normalized spacial score (nSPS) is 21.4. The molecule has 0 bridgehead atoms. The van der Waals surface area contributed by atoms with Gasteiger partial charge in [-0.3, -0.25) is 0 Å². The summed E-state index contributed by atoms with van der Waals surface area (Å²) < 4.78 is 5.11. The van der Waals surface area contributed by atoms with Crippen LogP contribution in [0, 0.1) is 0 Å². The highest BCUT2D eigenvalue weighted by Gasteiger charge is 2.38. The van der Waals surface area contributed by atoms with Crippen LogP contribution < -0.4 is 10.6 Å². The first-order valence-electron chi connectivity index (χ1n) is 6.27. The van der Waals surface area contributed by atoms with Crippen molar-refractivity contribution in [3.63, 3.8) is 0 Å². The summed E-state index contributed by atoms with van der Waals surface area (Å²) >= 11 is 1.53. The second kappa shape index (κ2) is 4.55. The molecule has 0 radical (unpaired) electrons. The lowest BCUT2D eigenvalue weighted by atomic mass is 9.87. The number of nitrogens with two attached hydrogens (primary N) is 1. The van der Waals surface area contributed by atoms with Crippen LogP contribution in [0.3, 0.4) is 0 Å². The van der Waals surface area contributed by atoms with Gasteiger partial charge in [0.2, 0.25) is 0 Å². The third kappa shape index (κ3) is 2.12. The molecule has 1 aliphatic rings. The molecule has 4 nitrogen and oxygen atoms in total. The van der Waals surface area contributed by atoms with Gasteiger partial charge < -0.3 is 15.4 Å². The molecule has 2 heterocycles. The maximum absolute atomic E-state index is 12.0. The molecule has 1 unspecified atom stereocenters. The van der Waals surface area contributed by atoms with Gasteiger partial charge >= 0.3 is 5.97 Å². The Morgan fingerprint density at radius 3 is 2.83 bits per heavy atom. The molecule has 1 atom stereocenters. The van der Waals surface area contributed by atoms with E-state index in [1.165, 1.54) is 21.1 Å². The monoisotopic (exact) mass is 269 g/mol. The summed E-state index contributed by atoms with van der Waals surface area (Å²) in [6.45, 7) is 7.56. The quantitative estimate of drug-likeness (QED) is 0.783. The van der Waals surface area contributed by atoms with Gasteiger partial charge in [-0.1, -0.05) is 0 Å². The van der Waals surface area contributed by atoms with Crippen LogP contribution in [0.4, 0.5) is 5.00 Å². The highest BCUT2D eigenvalue weighted by molar-refractivity contribution is 7.16. The van der Waals surface area contributed by atoms with Crippen LogP contribution in [0.25, 0.3) is 0 Å². The van der Waals surface area contributed by atoms with Gasteiger partial charge in [-0.2, -0.15) is 0 Å². The van der Waals surface area contributed by atoms with Crippen molar-refractivity contribution in [2.75, 3.05) is 19.4 Å². The Bertz CT molecular complexity index is 480. The van der Waals surface area contributed by atoms with Crippen LogP contribution in [0.1, 0.15) is 41.6 Å². The number of ether oxygens (including phenoxy) is 1. The van der Waals surface area contributed by atoms with Gasteiger partial charge in [0.05, 0.1) is 29.6 Å². The van der Waals surface area contributed by atoms with Crippen LogP contribution in [0.2, 0.25) is 0 Å². The molecule has 2 rings (SSSR count). The van der Waals surface area contributed by atoms with Gasteiger partial charge in [0.25, 0.3) is 0 Å². The maximum atomic E-state index is 12.0. The Hall–Kier alpha value is -1.07. The van der Waals surface area contributed by atoms with Gasteiger partial charge in [-0.25, -0.2) is 4.79 Å². The SMILES string of the molecule is CCOC(=O)c1c(N)sc2c1CC(C)(C)[NH+](C)C2. The number of quaternary nitrogens is 1. The number of nitrogen functional groups attached to an aromatic ring is 1. The lowest BCUT2D eigenvalue weighted by Crippen LogP contribution is -3.16. The van der Waals surface area contributed by atoms with E-state index in [1.807, 2.05) is 6.92 Å². The fraction of sp³-hybridized carbons (Fsp3) is 0.615. The number of nitrogens with one attached hydrogen (secondary N) is 1. The third-order valence-electron chi connectivity index (χ3n) is 3.80. The first-order valence-corrected chi connectivity index (χ1v) is 7.08. The third-order valence-corrected chi connectivity index (χ3v) is 4.86. The van der Waals surface area contributed by atoms with Crippen molar-refractivity contribution in [2.45, 2.75) is 39.3 Å². The predicted molar refractivity (Wildman–Crippen MR) is 73.1 cm³/mol. The Labute approximate surface area is 112 Å².